The van der Waals surface area contributed by atoms with Gasteiger partial charge in [0.05, 0.1) is 5.69 Å². The second-order valence-corrected chi connectivity index (χ2v) is 2.33. The molecule has 0 atom stereocenters. The minimum absolute atomic E-state index is 0.220. The molecule has 0 spiro atoms. The fourth-order valence-electron chi connectivity index (χ4n) is 0.740. The molecule has 14 heavy (non-hydrogen) atoms. The third-order valence-corrected chi connectivity index (χ3v) is 1.29. The minimum Gasteiger partial charge on any atom is -0.477 e. The topological polar surface area (TPSA) is 61.7 Å². The summed E-state index contributed by atoms with van der Waals surface area (Å²) in [5.41, 5.74) is 1.84. The van der Waals surface area contributed by atoms with Crippen molar-refractivity contribution < 1.29 is 18.7 Å². The third kappa shape index (κ3) is 2.81. The van der Waals surface area contributed by atoms with Gasteiger partial charge >= 0.3 is 5.97 Å². The molecule has 0 aliphatic rings. The van der Waals surface area contributed by atoms with Crippen molar-refractivity contribution in [3.05, 3.63) is 29.8 Å². The Morgan fingerprint density at radius 2 is 2.21 bits per heavy atom. The molecule has 0 aliphatic heterocycles. The van der Waals surface area contributed by atoms with Crippen LogP contribution in [0.4, 0.5) is 14.5 Å². The van der Waals surface area contributed by atoms with Crippen molar-refractivity contribution >= 4 is 17.9 Å². The van der Waals surface area contributed by atoms with Crippen LogP contribution in [0, 0.1) is 11.6 Å². The number of hydrogen-bond donors (Lipinski definition) is 2. The molecule has 0 aliphatic carbocycles. The Balaban J connectivity index is 2.76. The van der Waals surface area contributed by atoms with Crippen LogP contribution in [-0.4, -0.2) is 17.3 Å². The average molecular weight is 200 g/mol. The highest BCUT2D eigenvalue weighted by atomic mass is 19.1. The number of nitrogens with zero attached hydrogens (tertiary/aromatic N) is 1. The smallest absolute Gasteiger partial charge is 0.348 e. The first-order valence-electron chi connectivity index (χ1n) is 3.56. The van der Waals surface area contributed by atoms with E-state index in [0.29, 0.717) is 6.21 Å². The Hall–Kier alpha value is -1.98. The summed E-state index contributed by atoms with van der Waals surface area (Å²) in [6.07, 6.45) is 0.532. The summed E-state index contributed by atoms with van der Waals surface area (Å²) in [7, 11) is 0. The lowest BCUT2D eigenvalue weighted by atomic mass is 10.3. The summed E-state index contributed by atoms with van der Waals surface area (Å²) >= 11 is 0. The summed E-state index contributed by atoms with van der Waals surface area (Å²) in [5.74, 6) is -2.64. The normalized spacial score (nSPS) is 10.4. The lowest BCUT2D eigenvalue weighted by molar-refractivity contribution is -0.128. The fourth-order valence-corrected chi connectivity index (χ4v) is 0.740. The van der Waals surface area contributed by atoms with Crippen LogP contribution in [-0.2, 0) is 4.79 Å². The number of aliphatic carboxylic acids is 1. The highest BCUT2D eigenvalue weighted by molar-refractivity contribution is 6.22. The van der Waals surface area contributed by atoms with E-state index in [1.165, 1.54) is 0 Å². The maximum Gasteiger partial charge on any atom is 0.348 e. The van der Waals surface area contributed by atoms with Crippen LogP contribution < -0.4 is 5.43 Å². The number of carboxylic acid groups (broad SMARTS) is 1. The lowest BCUT2D eigenvalue weighted by Crippen LogP contribution is -2.00. The second-order valence-electron chi connectivity index (χ2n) is 2.33. The van der Waals surface area contributed by atoms with E-state index in [-0.39, 0.29) is 5.69 Å². The van der Waals surface area contributed by atoms with Crippen LogP contribution in [0.5, 0.6) is 0 Å². The molecule has 74 valence electrons. The molecule has 0 aromatic heterocycles. The highest BCUT2D eigenvalue weighted by Crippen LogP contribution is 2.14. The summed E-state index contributed by atoms with van der Waals surface area (Å²) in [6, 6.07) is 2.73. The van der Waals surface area contributed by atoms with Gasteiger partial charge in [0.15, 0.2) is 0 Å². The summed E-state index contributed by atoms with van der Waals surface area (Å²) in [5, 5.41) is 11.3. The van der Waals surface area contributed by atoms with Gasteiger partial charge in [-0.05, 0) is 12.1 Å². The molecular weight excluding hydrogens is 194 g/mol. The number of nitrogens with one attached hydrogen (secondary N) is 1. The van der Waals surface area contributed by atoms with Crippen LogP contribution in [0.2, 0.25) is 0 Å². The number of carbonyl (C=O) groups is 1. The van der Waals surface area contributed by atoms with Gasteiger partial charge in [0.1, 0.15) is 17.8 Å². The Bertz CT molecular complexity index is 380. The van der Waals surface area contributed by atoms with Crippen LogP contribution in [0.15, 0.2) is 23.3 Å². The number of halogens is 2. The molecule has 1 aromatic rings. The standard InChI is InChI=1S/C8H6F2N2O2/c9-5-1-2-6(10)7(3-5)12-11-4-8(13)14/h1-4,12H,(H,13,14). The number of hydrogen-bond acceptors (Lipinski definition) is 3. The molecule has 1 aromatic carbocycles. The van der Waals surface area contributed by atoms with Gasteiger partial charge < -0.3 is 5.11 Å². The van der Waals surface area contributed by atoms with E-state index < -0.39 is 17.6 Å². The third-order valence-electron chi connectivity index (χ3n) is 1.29. The summed E-state index contributed by atoms with van der Waals surface area (Å²) < 4.78 is 25.4. The zero-order valence-electron chi connectivity index (χ0n) is 6.87. The molecule has 0 unspecified atom stereocenters. The van der Waals surface area contributed by atoms with Crippen molar-refractivity contribution in [2.45, 2.75) is 0 Å². The van der Waals surface area contributed by atoms with Gasteiger partial charge in [-0.25, -0.2) is 13.6 Å². The van der Waals surface area contributed by atoms with Gasteiger partial charge in [-0.3, -0.25) is 5.43 Å². The first-order valence-corrected chi connectivity index (χ1v) is 3.56. The molecule has 2 N–H and O–H groups in total. The van der Waals surface area contributed by atoms with E-state index in [1.807, 2.05) is 0 Å². The Morgan fingerprint density at radius 3 is 2.86 bits per heavy atom. The monoisotopic (exact) mass is 200 g/mol. The van der Waals surface area contributed by atoms with Crippen LogP contribution in [0.1, 0.15) is 0 Å². The van der Waals surface area contributed by atoms with E-state index in [4.69, 9.17) is 5.11 Å². The van der Waals surface area contributed by atoms with Crippen molar-refractivity contribution in [3.63, 3.8) is 0 Å². The van der Waals surface area contributed by atoms with Gasteiger partial charge in [-0.2, -0.15) is 5.10 Å². The van der Waals surface area contributed by atoms with E-state index in [2.05, 4.69) is 10.5 Å². The first-order chi connectivity index (χ1) is 6.59. The number of anilines is 1. The largest absolute Gasteiger partial charge is 0.477 e. The number of rotatable bonds is 3. The SMILES string of the molecule is O=C(O)C=NNc1cc(F)ccc1F. The maximum absolute atomic E-state index is 12.8. The molecule has 0 saturated carbocycles. The fraction of sp³-hybridized carbons (Fsp3) is 0. The van der Waals surface area contributed by atoms with Crippen LogP contribution >= 0.6 is 0 Å². The Morgan fingerprint density at radius 1 is 1.50 bits per heavy atom. The molecule has 0 amide bonds. The molecule has 0 saturated heterocycles. The second kappa shape index (κ2) is 4.31. The molecule has 0 bridgehead atoms. The van der Waals surface area contributed by atoms with Crippen molar-refractivity contribution in [1.29, 1.82) is 0 Å². The van der Waals surface area contributed by atoms with Crippen molar-refractivity contribution in [2.24, 2.45) is 5.10 Å². The summed E-state index contributed by atoms with van der Waals surface area (Å²) in [4.78, 5) is 9.98. The quantitative estimate of drug-likeness (QED) is 0.573. The molecule has 1 rings (SSSR count). The molecule has 6 heteroatoms. The Kier molecular flexibility index (Phi) is 3.11. The molecular formula is C8H6F2N2O2. The minimum atomic E-state index is -1.28. The van der Waals surface area contributed by atoms with Crippen molar-refractivity contribution in [1.82, 2.24) is 0 Å². The van der Waals surface area contributed by atoms with Crippen LogP contribution in [0.25, 0.3) is 0 Å². The summed E-state index contributed by atoms with van der Waals surface area (Å²) in [6.45, 7) is 0. The molecule has 4 nitrogen and oxygen atoms in total. The molecule has 0 radical (unpaired) electrons. The van der Waals surface area contributed by atoms with E-state index in [9.17, 15) is 13.6 Å². The zero-order valence-corrected chi connectivity index (χ0v) is 6.87. The molecule has 0 heterocycles. The van der Waals surface area contributed by atoms with E-state index in [1.54, 1.807) is 0 Å². The van der Waals surface area contributed by atoms with Crippen molar-refractivity contribution in [2.75, 3.05) is 5.43 Å². The lowest BCUT2D eigenvalue weighted by Gasteiger charge is -2.00. The highest BCUT2D eigenvalue weighted by Gasteiger charge is 2.01. The maximum atomic E-state index is 12.8. The van der Waals surface area contributed by atoms with Gasteiger partial charge in [0, 0.05) is 6.07 Å². The van der Waals surface area contributed by atoms with Gasteiger partial charge in [-0.15, -0.1) is 0 Å². The molecule has 0 fully saturated rings. The average Bonchev–Trinajstić information content (AvgIpc) is 2.10. The van der Waals surface area contributed by atoms with E-state index in [0.717, 1.165) is 18.2 Å². The Labute approximate surface area is 77.9 Å². The van der Waals surface area contributed by atoms with E-state index >= 15 is 0 Å². The predicted octanol–water partition coefficient (Wildman–Crippen LogP) is 1.45. The van der Waals surface area contributed by atoms with Crippen LogP contribution in [0.3, 0.4) is 0 Å². The number of benzene rings is 1. The predicted molar refractivity (Wildman–Crippen MR) is 46.1 cm³/mol. The van der Waals surface area contributed by atoms with Crippen molar-refractivity contribution in [3.8, 4) is 0 Å². The zero-order chi connectivity index (χ0) is 10.6. The number of carboxylic acids is 1. The van der Waals surface area contributed by atoms with Gasteiger partial charge in [0.2, 0.25) is 0 Å². The van der Waals surface area contributed by atoms with Gasteiger partial charge in [0.25, 0.3) is 0 Å². The number of hydrazone groups is 1. The first kappa shape index (κ1) is 10.1. The van der Waals surface area contributed by atoms with Gasteiger partial charge in [-0.1, -0.05) is 0 Å².